The molecule has 1 aliphatic rings. The molecule has 7 nitrogen and oxygen atoms in total. The number of morpholine rings is 1. The first-order valence-corrected chi connectivity index (χ1v) is 11.1. The number of hydrogen-bond acceptors (Lipinski definition) is 6. The van der Waals surface area contributed by atoms with Crippen LogP contribution in [0.15, 0.2) is 54.6 Å². The first-order valence-electron chi connectivity index (χ1n) is 11.1. The van der Waals surface area contributed by atoms with E-state index in [1.165, 1.54) is 0 Å². The molecule has 2 aromatic carbocycles. The number of methoxy groups -OCH3 is 2. The van der Waals surface area contributed by atoms with Gasteiger partial charge in [0.2, 0.25) is 0 Å². The molecule has 0 radical (unpaired) electrons. The number of aliphatic hydroxyl groups is 1. The van der Waals surface area contributed by atoms with Gasteiger partial charge in [0.05, 0.1) is 32.5 Å². The molecule has 0 aromatic heterocycles. The molecule has 3 rings (SSSR count). The number of carbonyl (C=O) groups is 1. The standard InChI is InChI=1S/C25H34N2O5/c1-30-14-13-27(25(29)21-8-10-23(31-2)11-9-21)19-24-18-26(12-15-32-24)17-22(28)16-20-6-4-3-5-7-20/h3-11,22,24,28H,12-19H2,1-2H3/t22-,24-/m1/s1. The fourth-order valence-electron chi connectivity index (χ4n) is 3.94. The largest absolute Gasteiger partial charge is 0.497 e. The molecule has 1 fully saturated rings. The number of nitrogens with zero attached hydrogens (tertiary/aromatic N) is 2. The molecule has 1 heterocycles. The van der Waals surface area contributed by atoms with Crippen LogP contribution < -0.4 is 4.74 Å². The van der Waals surface area contributed by atoms with Crippen LogP contribution in [0.25, 0.3) is 0 Å². The minimum Gasteiger partial charge on any atom is -0.497 e. The fraction of sp³-hybridized carbons (Fsp3) is 0.480. The predicted octanol–water partition coefficient (Wildman–Crippen LogP) is 2.09. The molecule has 174 valence electrons. The number of hydrogen-bond donors (Lipinski definition) is 1. The van der Waals surface area contributed by atoms with Gasteiger partial charge < -0.3 is 24.2 Å². The van der Waals surface area contributed by atoms with Gasteiger partial charge in [-0.15, -0.1) is 0 Å². The highest BCUT2D eigenvalue weighted by molar-refractivity contribution is 5.94. The number of amides is 1. The summed E-state index contributed by atoms with van der Waals surface area (Å²) in [5.41, 5.74) is 1.73. The number of ether oxygens (including phenoxy) is 3. The van der Waals surface area contributed by atoms with E-state index < -0.39 is 6.10 Å². The summed E-state index contributed by atoms with van der Waals surface area (Å²) in [6, 6.07) is 17.1. The molecule has 2 atom stereocenters. The summed E-state index contributed by atoms with van der Waals surface area (Å²) in [6.45, 7) is 4.01. The van der Waals surface area contributed by atoms with Gasteiger partial charge in [0.1, 0.15) is 5.75 Å². The number of rotatable bonds is 11. The molecule has 7 heteroatoms. The number of carbonyl (C=O) groups excluding carboxylic acids is 1. The minimum atomic E-state index is -0.443. The van der Waals surface area contributed by atoms with Crippen LogP contribution in [0.1, 0.15) is 15.9 Å². The highest BCUT2D eigenvalue weighted by atomic mass is 16.5. The lowest BCUT2D eigenvalue weighted by atomic mass is 10.1. The zero-order chi connectivity index (χ0) is 22.8. The van der Waals surface area contributed by atoms with Crippen LogP contribution in [0.3, 0.4) is 0 Å². The average Bonchev–Trinajstić information content (AvgIpc) is 2.82. The Morgan fingerprint density at radius 2 is 1.94 bits per heavy atom. The van der Waals surface area contributed by atoms with E-state index in [4.69, 9.17) is 14.2 Å². The average molecular weight is 443 g/mol. The van der Waals surface area contributed by atoms with Crippen LogP contribution in [0.4, 0.5) is 0 Å². The van der Waals surface area contributed by atoms with Gasteiger partial charge in [-0.3, -0.25) is 9.69 Å². The van der Waals surface area contributed by atoms with Gasteiger partial charge in [-0.25, -0.2) is 0 Å². The Hall–Kier alpha value is -2.45. The second-order valence-electron chi connectivity index (χ2n) is 8.07. The van der Waals surface area contributed by atoms with Crippen LogP contribution >= 0.6 is 0 Å². The predicted molar refractivity (Wildman–Crippen MR) is 123 cm³/mol. The maximum absolute atomic E-state index is 13.1. The zero-order valence-electron chi connectivity index (χ0n) is 19.0. The Morgan fingerprint density at radius 3 is 2.62 bits per heavy atom. The lowest BCUT2D eigenvalue weighted by Crippen LogP contribution is -2.51. The van der Waals surface area contributed by atoms with Crippen molar-refractivity contribution in [3.63, 3.8) is 0 Å². The Kier molecular flexibility index (Phi) is 9.49. The molecule has 1 saturated heterocycles. The van der Waals surface area contributed by atoms with Gasteiger partial charge in [0.25, 0.3) is 5.91 Å². The molecular formula is C25H34N2O5. The lowest BCUT2D eigenvalue weighted by molar-refractivity contribution is -0.0515. The highest BCUT2D eigenvalue weighted by Crippen LogP contribution is 2.15. The molecule has 1 aliphatic heterocycles. The zero-order valence-corrected chi connectivity index (χ0v) is 19.0. The maximum atomic E-state index is 13.1. The Balaban J connectivity index is 1.57. The Labute approximate surface area is 190 Å². The van der Waals surface area contributed by atoms with Crippen molar-refractivity contribution in [2.45, 2.75) is 18.6 Å². The fourth-order valence-corrected chi connectivity index (χ4v) is 3.94. The van der Waals surface area contributed by atoms with E-state index in [9.17, 15) is 9.90 Å². The summed E-state index contributed by atoms with van der Waals surface area (Å²) in [6.07, 6.45) is 0.0621. The van der Waals surface area contributed by atoms with Crippen LogP contribution in [-0.2, 0) is 15.9 Å². The van der Waals surface area contributed by atoms with Gasteiger partial charge in [-0.05, 0) is 36.2 Å². The first kappa shape index (κ1) is 24.2. The van der Waals surface area contributed by atoms with Crippen molar-refractivity contribution in [2.75, 3.05) is 60.2 Å². The van der Waals surface area contributed by atoms with Crippen LogP contribution in [0.5, 0.6) is 5.75 Å². The molecular weight excluding hydrogens is 408 g/mol. The van der Waals surface area contributed by atoms with Gasteiger partial charge in [-0.2, -0.15) is 0 Å². The number of aliphatic hydroxyl groups excluding tert-OH is 1. The number of benzene rings is 2. The Bertz CT molecular complexity index is 815. The van der Waals surface area contributed by atoms with E-state index in [2.05, 4.69) is 4.90 Å². The summed E-state index contributed by atoms with van der Waals surface area (Å²) in [5.74, 6) is 0.653. The Morgan fingerprint density at radius 1 is 1.19 bits per heavy atom. The van der Waals surface area contributed by atoms with Gasteiger partial charge in [-0.1, -0.05) is 30.3 Å². The third-order valence-electron chi connectivity index (χ3n) is 5.62. The SMILES string of the molecule is COCCN(C[C@H]1CN(C[C@H](O)Cc2ccccc2)CCO1)C(=O)c1ccc(OC)cc1. The summed E-state index contributed by atoms with van der Waals surface area (Å²) < 4.78 is 16.4. The van der Waals surface area contributed by atoms with E-state index in [0.717, 1.165) is 12.1 Å². The van der Waals surface area contributed by atoms with Crippen molar-refractivity contribution >= 4 is 5.91 Å². The third kappa shape index (κ3) is 7.31. The van der Waals surface area contributed by atoms with Crippen molar-refractivity contribution in [3.8, 4) is 5.75 Å². The monoisotopic (exact) mass is 442 g/mol. The second-order valence-corrected chi connectivity index (χ2v) is 8.07. The van der Waals surface area contributed by atoms with Crippen LogP contribution in [0, 0.1) is 0 Å². The van der Waals surface area contributed by atoms with Gasteiger partial charge in [0.15, 0.2) is 0 Å². The molecule has 0 bridgehead atoms. The molecule has 2 aromatic rings. The molecule has 32 heavy (non-hydrogen) atoms. The smallest absolute Gasteiger partial charge is 0.254 e. The van der Waals surface area contributed by atoms with Crippen molar-refractivity contribution in [2.24, 2.45) is 0 Å². The van der Waals surface area contributed by atoms with Crippen molar-refractivity contribution in [3.05, 3.63) is 65.7 Å². The van der Waals surface area contributed by atoms with Gasteiger partial charge in [0, 0.05) is 45.4 Å². The lowest BCUT2D eigenvalue weighted by Gasteiger charge is -2.36. The second kappa shape index (κ2) is 12.6. The van der Waals surface area contributed by atoms with E-state index in [-0.39, 0.29) is 12.0 Å². The molecule has 0 saturated carbocycles. The number of β-amino-alcohol motifs (C(OH)–C–C–N with tert-alkyl or cyclic N) is 1. The molecule has 1 N–H and O–H groups in total. The summed E-state index contributed by atoms with van der Waals surface area (Å²) in [4.78, 5) is 17.1. The molecule has 0 spiro atoms. The van der Waals surface area contributed by atoms with E-state index in [1.807, 2.05) is 30.3 Å². The van der Waals surface area contributed by atoms with Gasteiger partial charge >= 0.3 is 0 Å². The highest BCUT2D eigenvalue weighted by Gasteiger charge is 2.26. The van der Waals surface area contributed by atoms with Crippen molar-refractivity contribution in [1.29, 1.82) is 0 Å². The topological polar surface area (TPSA) is 71.5 Å². The normalized spacial score (nSPS) is 17.7. The van der Waals surface area contributed by atoms with E-state index in [1.54, 1.807) is 43.4 Å². The summed E-state index contributed by atoms with van der Waals surface area (Å²) in [5, 5.41) is 10.5. The molecule has 0 unspecified atom stereocenters. The summed E-state index contributed by atoms with van der Waals surface area (Å²) >= 11 is 0. The van der Waals surface area contributed by atoms with E-state index in [0.29, 0.717) is 57.1 Å². The quantitative estimate of drug-likeness (QED) is 0.575. The summed E-state index contributed by atoms with van der Waals surface area (Å²) in [7, 11) is 3.23. The first-order chi connectivity index (χ1) is 15.6. The maximum Gasteiger partial charge on any atom is 0.254 e. The van der Waals surface area contributed by atoms with Crippen LogP contribution in [0.2, 0.25) is 0 Å². The van der Waals surface area contributed by atoms with Crippen molar-refractivity contribution in [1.82, 2.24) is 9.80 Å². The molecule has 0 aliphatic carbocycles. The van der Waals surface area contributed by atoms with E-state index >= 15 is 0 Å². The third-order valence-corrected chi connectivity index (χ3v) is 5.62. The van der Waals surface area contributed by atoms with Crippen molar-refractivity contribution < 1.29 is 24.1 Å². The molecule has 1 amide bonds. The minimum absolute atomic E-state index is 0.0606. The van der Waals surface area contributed by atoms with Crippen LogP contribution in [-0.4, -0.2) is 93.2 Å².